The van der Waals surface area contributed by atoms with Crippen LogP contribution >= 0.6 is 0 Å². The Labute approximate surface area is 130 Å². The summed E-state index contributed by atoms with van der Waals surface area (Å²) >= 11 is 0. The fourth-order valence-corrected chi connectivity index (χ4v) is 2.17. The van der Waals surface area contributed by atoms with Gasteiger partial charge in [-0.25, -0.2) is 0 Å². The van der Waals surface area contributed by atoms with Crippen LogP contribution in [-0.2, 0) is 11.2 Å². The van der Waals surface area contributed by atoms with Gasteiger partial charge in [-0.2, -0.15) is 0 Å². The van der Waals surface area contributed by atoms with E-state index in [-0.39, 0.29) is 0 Å². The van der Waals surface area contributed by atoms with Crippen molar-refractivity contribution in [3.05, 3.63) is 35.4 Å². The van der Waals surface area contributed by atoms with Gasteiger partial charge in [-0.15, -0.1) is 0 Å². The van der Waals surface area contributed by atoms with Gasteiger partial charge in [0.2, 0.25) is 0 Å². The number of ether oxygens (including phenoxy) is 1. The molecule has 1 atom stereocenters. The zero-order valence-electron chi connectivity index (χ0n) is 14.2. The number of aryl methyl sites for hydroxylation is 1. The van der Waals surface area contributed by atoms with Crippen LogP contribution in [0.2, 0.25) is 0 Å². The summed E-state index contributed by atoms with van der Waals surface area (Å²) in [6, 6.07) is 9.39. The van der Waals surface area contributed by atoms with Gasteiger partial charge in [0.25, 0.3) is 0 Å². The van der Waals surface area contributed by atoms with Crippen LogP contribution in [0.4, 0.5) is 0 Å². The third-order valence-electron chi connectivity index (χ3n) is 3.68. The minimum absolute atomic E-state index is 0.377. The van der Waals surface area contributed by atoms with Gasteiger partial charge in [0.1, 0.15) is 0 Å². The van der Waals surface area contributed by atoms with Crippen molar-refractivity contribution in [1.82, 2.24) is 10.2 Å². The zero-order valence-corrected chi connectivity index (χ0v) is 14.2. The smallest absolute Gasteiger partial charge is 0.0593 e. The first-order valence-corrected chi connectivity index (χ1v) is 8.18. The Morgan fingerprint density at radius 3 is 2.48 bits per heavy atom. The highest BCUT2D eigenvalue weighted by Crippen LogP contribution is 2.14. The van der Waals surface area contributed by atoms with Crippen LogP contribution in [0, 0.1) is 0 Å². The van der Waals surface area contributed by atoms with Crippen molar-refractivity contribution in [3.8, 4) is 0 Å². The van der Waals surface area contributed by atoms with Crippen LogP contribution in [0.1, 0.15) is 43.9 Å². The van der Waals surface area contributed by atoms with E-state index in [0.717, 1.165) is 26.3 Å². The van der Waals surface area contributed by atoms with E-state index >= 15 is 0 Å². The number of rotatable bonds is 11. The van der Waals surface area contributed by atoms with Crippen LogP contribution < -0.4 is 5.32 Å². The summed E-state index contributed by atoms with van der Waals surface area (Å²) < 4.78 is 5.59. The van der Waals surface area contributed by atoms with E-state index < -0.39 is 0 Å². The molecule has 3 heteroatoms. The Kier molecular flexibility index (Phi) is 9.31. The average Bonchev–Trinajstić information content (AvgIpc) is 2.48. The molecule has 0 bridgehead atoms. The molecule has 1 aromatic carbocycles. The van der Waals surface area contributed by atoms with E-state index in [1.165, 1.54) is 30.4 Å². The molecular formula is C18H32N2O. The van der Waals surface area contributed by atoms with Gasteiger partial charge >= 0.3 is 0 Å². The van der Waals surface area contributed by atoms with E-state index in [9.17, 15) is 0 Å². The number of unbranched alkanes of at least 4 members (excludes halogenated alkanes) is 1. The highest BCUT2D eigenvalue weighted by atomic mass is 16.5. The number of nitrogens with one attached hydrogen (secondary N) is 1. The van der Waals surface area contributed by atoms with Crippen molar-refractivity contribution >= 4 is 0 Å². The van der Waals surface area contributed by atoms with Gasteiger partial charge < -0.3 is 15.0 Å². The number of likely N-dealkylation sites (N-methyl/N-ethyl adjacent to an activating group) is 1. The van der Waals surface area contributed by atoms with Crippen molar-refractivity contribution in [2.75, 3.05) is 40.4 Å². The second-order valence-electron chi connectivity index (χ2n) is 5.94. The molecule has 0 amide bonds. The maximum absolute atomic E-state index is 5.59. The third-order valence-corrected chi connectivity index (χ3v) is 3.68. The Morgan fingerprint density at radius 2 is 1.86 bits per heavy atom. The molecule has 1 N–H and O–H groups in total. The first-order valence-electron chi connectivity index (χ1n) is 8.18. The van der Waals surface area contributed by atoms with Crippen molar-refractivity contribution in [1.29, 1.82) is 0 Å². The molecule has 0 aliphatic rings. The van der Waals surface area contributed by atoms with Crippen LogP contribution in [-0.4, -0.2) is 45.3 Å². The summed E-state index contributed by atoms with van der Waals surface area (Å²) in [5, 5.41) is 3.51. The lowest BCUT2D eigenvalue weighted by Crippen LogP contribution is -2.25. The standard InChI is InChI=1S/C18H32N2O/c1-5-6-7-17-8-10-18(11-9-17)16(2)19-12-14-21-15-13-20(3)4/h8-11,16,19H,5-7,12-15H2,1-4H3. The Morgan fingerprint density at radius 1 is 1.14 bits per heavy atom. The van der Waals surface area contributed by atoms with Crippen molar-refractivity contribution in [3.63, 3.8) is 0 Å². The molecule has 0 heterocycles. The molecule has 120 valence electrons. The molecule has 0 aliphatic heterocycles. The molecule has 21 heavy (non-hydrogen) atoms. The van der Waals surface area contributed by atoms with Gasteiger partial charge in [0.15, 0.2) is 0 Å². The molecule has 0 spiro atoms. The highest BCUT2D eigenvalue weighted by Gasteiger charge is 2.04. The predicted molar refractivity (Wildman–Crippen MR) is 90.8 cm³/mol. The SMILES string of the molecule is CCCCc1ccc(C(C)NCCOCCN(C)C)cc1. The molecule has 0 fully saturated rings. The molecule has 1 rings (SSSR count). The first kappa shape index (κ1) is 18.1. The van der Waals surface area contributed by atoms with E-state index in [1.807, 2.05) is 0 Å². The van der Waals surface area contributed by atoms with Gasteiger partial charge in [-0.3, -0.25) is 0 Å². The predicted octanol–water partition coefficient (Wildman–Crippen LogP) is 3.26. The molecule has 1 unspecified atom stereocenters. The third kappa shape index (κ3) is 8.20. The fourth-order valence-electron chi connectivity index (χ4n) is 2.17. The lowest BCUT2D eigenvalue weighted by molar-refractivity contribution is 0.118. The Balaban J connectivity index is 2.20. The molecule has 1 aromatic rings. The molecule has 0 radical (unpaired) electrons. The van der Waals surface area contributed by atoms with E-state index in [4.69, 9.17) is 4.74 Å². The minimum Gasteiger partial charge on any atom is -0.379 e. The largest absolute Gasteiger partial charge is 0.379 e. The van der Waals surface area contributed by atoms with Crippen molar-refractivity contribution < 1.29 is 4.74 Å². The van der Waals surface area contributed by atoms with Crippen LogP contribution in [0.5, 0.6) is 0 Å². The summed E-state index contributed by atoms with van der Waals surface area (Å²) in [6.07, 6.45) is 3.73. The first-order chi connectivity index (χ1) is 10.1. The summed E-state index contributed by atoms with van der Waals surface area (Å²) in [5.74, 6) is 0. The van der Waals surface area contributed by atoms with E-state index in [2.05, 4.69) is 62.4 Å². The lowest BCUT2D eigenvalue weighted by atomic mass is 10.0. The highest BCUT2D eigenvalue weighted by molar-refractivity contribution is 5.24. The van der Waals surface area contributed by atoms with Crippen molar-refractivity contribution in [2.45, 2.75) is 39.2 Å². The lowest BCUT2D eigenvalue weighted by Gasteiger charge is -2.15. The molecule has 0 aliphatic carbocycles. The number of nitrogens with zero attached hydrogens (tertiary/aromatic N) is 1. The topological polar surface area (TPSA) is 24.5 Å². The normalized spacial score (nSPS) is 12.8. The fraction of sp³-hybridized carbons (Fsp3) is 0.667. The molecular weight excluding hydrogens is 260 g/mol. The number of hydrogen-bond donors (Lipinski definition) is 1. The van der Waals surface area contributed by atoms with Crippen molar-refractivity contribution in [2.24, 2.45) is 0 Å². The number of hydrogen-bond acceptors (Lipinski definition) is 3. The van der Waals surface area contributed by atoms with Gasteiger partial charge in [-0.1, -0.05) is 37.6 Å². The van der Waals surface area contributed by atoms with E-state index in [1.54, 1.807) is 0 Å². The number of benzene rings is 1. The maximum Gasteiger partial charge on any atom is 0.0593 e. The summed E-state index contributed by atoms with van der Waals surface area (Å²) in [7, 11) is 4.13. The maximum atomic E-state index is 5.59. The summed E-state index contributed by atoms with van der Waals surface area (Å²) in [6.45, 7) is 7.89. The Hall–Kier alpha value is -0.900. The summed E-state index contributed by atoms with van der Waals surface area (Å²) in [5.41, 5.74) is 2.79. The quantitative estimate of drug-likeness (QED) is 0.634. The zero-order chi connectivity index (χ0) is 15.5. The summed E-state index contributed by atoms with van der Waals surface area (Å²) in [4.78, 5) is 2.14. The second-order valence-corrected chi connectivity index (χ2v) is 5.94. The van der Waals surface area contributed by atoms with Crippen LogP contribution in [0.3, 0.4) is 0 Å². The van der Waals surface area contributed by atoms with Gasteiger partial charge in [-0.05, 0) is 45.0 Å². The molecule has 0 aromatic heterocycles. The average molecular weight is 292 g/mol. The van der Waals surface area contributed by atoms with Crippen LogP contribution in [0.25, 0.3) is 0 Å². The Bertz CT molecular complexity index is 362. The monoisotopic (exact) mass is 292 g/mol. The molecule has 3 nitrogen and oxygen atoms in total. The molecule has 0 saturated heterocycles. The second kappa shape index (κ2) is 10.8. The van der Waals surface area contributed by atoms with Gasteiger partial charge in [0, 0.05) is 19.1 Å². The van der Waals surface area contributed by atoms with Crippen LogP contribution in [0.15, 0.2) is 24.3 Å². The van der Waals surface area contributed by atoms with Gasteiger partial charge in [0.05, 0.1) is 13.2 Å². The van der Waals surface area contributed by atoms with E-state index in [0.29, 0.717) is 6.04 Å². The molecule has 0 saturated carbocycles. The minimum atomic E-state index is 0.377.